The molecular formula is C44H46O14. The maximum absolute atomic E-state index is 15.8. The molecule has 1 aliphatic heterocycles. The molecule has 14 heteroatoms. The van der Waals surface area contributed by atoms with Gasteiger partial charge in [0.1, 0.15) is 37.1 Å². The first-order valence-corrected chi connectivity index (χ1v) is 19.2. The number of carbonyl (C=O) groups excluding carboxylic acids is 5. The van der Waals surface area contributed by atoms with Crippen molar-refractivity contribution in [2.75, 3.05) is 6.61 Å². The quantitative estimate of drug-likeness (QED) is 0.159. The summed E-state index contributed by atoms with van der Waals surface area (Å²) in [4.78, 5) is 70.1. The summed E-state index contributed by atoms with van der Waals surface area (Å²) in [6, 6.07) is 25.6. The summed E-state index contributed by atoms with van der Waals surface area (Å²) < 4.78 is 41.3. The van der Waals surface area contributed by atoms with Crippen LogP contribution in [0.25, 0.3) is 0 Å². The number of Topliss-reactive ketones (excluding diaryl/α,β-unsaturated/α-hetero) is 1. The van der Waals surface area contributed by atoms with Crippen LogP contribution in [0.1, 0.15) is 62.0 Å². The highest BCUT2D eigenvalue weighted by Gasteiger charge is 2.77. The number of hydrogen-bond donors (Lipinski definition) is 2. The molecule has 2 bridgehead atoms. The molecule has 0 radical (unpaired) electrons. The standard InChI is InChI=1S/C44H46O14/c1-25-31(46)21-43(51)26(2)34(25)35(56-41(50)53-23-29-16-10-6-11-17-29)37(47)42(4)32(55-40(49)52-22-28-14-8-5-9-15-28)20-33-44(24-54-33,58-27(3)45)36(42)38(43)57-39(48)30-18-12-7-13-19-30/h5-19,26,31-33,35-36,38,46,51H,20-24H2,1-4H3/t26-,31-,32-,33+,35+,36-,38-,42+,43-,44-/m0/s1. The number of ether oxygens (including phenoxy) is 7. The number of benzene rings is 3. The van der Waals surface area contributed by atoms with E-state index in [0.29, 0.717) is 11.1 Å². The van der Waals surface area contributed by atoms with Crippen LogP contribution in [0.3, 0.4) is 0 Å². The third-order valence-corrected chi connectivity index (χ3v) is 12.3. The first kappa shape index (κ1) is 40.6. The van der Waals surface area contributed by atoms with Gasteiger partial charge in [0, 0.05) is 25.7 Å². The van der Waals surface area contributed by atoms with Gasteiger partial charge in [-0.1, -0.05) is 85.8 Å². The van der Waals surface area contributed by atoms with Crippen LogP contribution in [0.5, 0.6) is 0 Å². The highest BCUT2D eigenvalue weighted by atomic mass is 16.7. The summed E-state index contributed by atoms with van der Waals surface area (Å²) in [5.74, 6) is -5.17. The topological polar surface area (TPSA) is 190 Å². The first-order chi connectivity index (χ1) is 27.7. The van der Waals surface area contributed by atoms with E-state index in [1.165, 1.54) is 26.0 Å². The summed E-state index contributed by atoms with van der Waals surface area (Å²) in [5, 5.41) is 24.8. The molecule has 306 valence electrons. The second-order valence-electron chi connectivity index (χ2n) is 15.6. The molecule has 58 heavy (non-hydrogen) atoms. The molecular weight excluding hydrogens is 752 g/mol. The van der Waals surface area contributed by atoms with Gasteiger partial charge in [0.2, 0.25) is 0 Å². The molecule has 2 saturated carbocycles. The minimum absolute atomic E-state index is 0.0438. The first-order valence-electron chi connectivity index (χ1n) is 19.2. The Kier molecular flexibility index (Phi) is 11.2. The lowest BCUT2D eigenvalue weighted by atomic mass is 9.47. The Labute approximate surface area is 335 Å². The molecule has 10 atom stereocenters. The lowest BCUT2D eigenvalue weighted by molar-refractivity contribution is -0.343. The van der Waals surface area contributed by atoms with E-state index in [9.17, 15) is 29.4 Å². The molecule has 0 spiro atoms. The number of carbonyl (C=O) groups is 5. The zero-order chi connectivity index (χ0) is 41.4. The van der Waals surface area contributed by atoms with Crippen LogP contribution in [0.4, 0.5) is 9.59 Å². The molecule has 3 aliphatic carbocycles. The smallest absolute Gasteiger partial charge is 0.455 e. The Hall–Kier alpha value is -5.57. The Morgan fingerprint density at radius 1 is 0.828 bits per heavy atom. The van der Waals surface area contributed by atoms with E-state index in [-0.39, 0.29) is 43.0 Å². The van der Waals surface area contributed by atoms with E-state index < -0.39 is 95.4 Å². The number of rotatable bonds is 9. The van der Waals surface area contributed by atoms with Crippen molar-refractivity contribution in [1.29, 1.82) is 0 Å². The van der Waals surface area contributed by atoms with Gasteiger partial charge in [-0.3, -0.25) is 9.59 Å². The normalized spacial score (nSPS) is 32.4. The highest BCUT2D eigenvalue weighted by molar-refractivity contribution is 5.95. The van der Waals surface area contributed by atoms with Crippen molar-refractivity contribution in [3.63, 3.8) is 0 Å². The second kappa shape index (κ2) is 16.0. The average molecular weight is 799 g/mol. The van der Waals surface area contributed by atoms with Gasteiger partial charge in [0.15, 0.2) is 17.5 Å². The Morgan fingerprint density at radius 3 is 1.91 bits per heavy atom. The average Bonchev–Trinajstić information content (AvgIpc) is 3.21. The molecule has 0 amide bonds. The van der Waals surface area contributed by atoms with E-state index >= 15 is 4.79 Å². The van der Waals surface area contributed by atoms with Crippen molar-refractivity contribution < 1.29 is 67.3 Å². The van der Waals surface area contributed by atoms with Crippen molar-refractivity contribution in [3.05, 3.63) is 119 Å². The van der Waals surface area contributed by atoms with Gasteiger partial charge in [-0.15, -0.1) is 0 Å². The van der Waals surface area contributed by atoms with Crippen molar-refractivity contribution >= 4 is 30.0 Å². The zero-order valence-corrected chi connectivity index (χ0v) is 32.5. The van der Waals surface area contributed by atoms with Crippen LogP contribution in [0.15, 0.2) is 102 Å². The van der Waals surface area contributed by atoms with Gasteiger partial charge < -0.3 is 43.4 Å². The van der Waals surface area contributed by atoms with Crippen molar-refractivity contribution in [2.45, 2.75) is 95.5 Å². The number of esters is 2. The van der Waals surface area contributed by atoms with Gasteiger partial charge >= 0.3 is 24.2 Å². The number of aliphatic hydroxyl groups is 2. The van der Waals surface area contributed by atoms with E-state index in [4.69, 9.17) is 33.2 Å². The van der Waals surface area contributed by atoms with Crippen molar-refractivity contribution in [2.24, 2.45) is 17.3 Å². The zero-order valence-electron chi connectivity index (χ0n) is 32.5. The van der Waals surface area contributed by atoms with E-state index in [1.807, 2.05) is 0 Å². The van der Waals surface area contributed by atoms with Crippen molar-refractivity contribution in [3.8, 4) is 0 Å². The van der Waals surface area contributed by atoms with Crippen molar-refractivity contribution in [1.82, 2.24) is 0 Å². The maximum Gasteiger partial charge on any atom is 0.509 e. The number of hydrogen-bond acceptors (Lipinski definition) is 14. The summed E-state index contributed by atoms with van der Waals surface area (Å²) in [6.45, 7) is 5.05. The lowest BCUT2D eigenvalue weighted by Gasteiger charge is -2.66. The van der Waals surface area contributed by atoms with Gasteiger partial charge in [-0.25, -0.2) is 14.4 Å². The van der Waals surface area contributed by atoms with E-state index in [1.54, 1.807) is 92.7 Å². The number of fused-ring (bicyclic) bond motifs is 5. The van der Waals surface area contributed by atoms with Crippen LogP contribution in [-0.2, 0) is 56.0 Å². The minimum atomic E-state index is -2.22. The molecule has 2 N–H and O–H groups in total. The molecule has 1 heterocycles. The molecule has 1 saturated heterocycles. The summed E-state index contributed by atoms with van der Waals surface area (Å²) in [7, 11) is 0. The Bertz CT molecular complexity index is 2070. The largest absolute Gasteiger partial charge is 0.509 e. The van der Waals surface area contributed by atoms with Crippen LogP contribution < -0.4 is 0 Å². The Morgan fingerprint density at radius 2 is 1.38 bits per heavy atom. The molecule has 0 aromatic heterocycles. The third-order valence-electron chi connectivity index (χ3n) is 12.3. The van der Waals surface area contributed by atoms with Gasteiger partial charge in [-0.2, -0.15) is 0 Å². The van der Waals surface area contributed by atoms with E-state index in [2.05, 4.69) is 0 Å². The summed E-state index contributed by atoms with van der Waals surface area (Å²) in [5.41, 5.74) is -4.38. The lowest BCUT2D eigenvalue weighted by Crippen LogP contribution is -2.81. The van der Waals surface area contributed by atoms with E-state index in [0.717, 1.165) is 0 Å². The minimum Gasteiger partial charge on any atom is -0.455 e. The molecule has 14 nitrogen and oxygen atoms in total. The molecule has 3 fully saturated rings. The van der Waals surface area contributed by atoms with Gasteiger partial charge in [0.25, 0.3) is 0 Å². The van der Waals surface area contributed by atoms with Gasteiger partial charge in [-0.05, 0) is 48.3 Å². The number of ketones is 1. The fraction of sp³-hybridized carbons (Fsp3) is 0.432. The van der Waals surface area contributed by atoms with Gasteiger partial charge in [0.05, 0.1) is 29.6 Å². The predicted octanol–water partition coefficient (Wildman–Crippen LogP) is 5.41. The SMILES string of the molecule is CC(=O)O[C@@]12CO[C@@H]1C[C@H](OC(=O)OCc1ccccc1)[C@@]1(C)C(=O)[C@H](OC(=O)OCc3ccccc3)C3=C(C)[C@@H](O)C[C@](O)([C@H]3C)[C@@H](OC(=O)c3ccccc3)[C@H]21. The van der Waals surface area contributed by atoms with Crippen LogP contribution in [0.2, 0.25) is 0 Å². The molecule has 3 aromatic rings. The fourth-order valence-electron chi connectivity index (χ4n) is 9.26. The summed E-state index contributed by atoms with van der Waals surface area (Å²) >= 11 is 0. The third kappa shape index (κ3) is 7.24. The maximum atomic E-state index is 15.8. The molecule has 4 aliphatic rings. The van der Waals surface area contributed by atoms with Crippen LogP contribution >= 0.6 is 0 Å². The Balaban J connectivity index is 1.38. The van der Waals surface area contributed by atoms with Crippen LogP contribution in [0, 0.1) is 17.3 Å². The number of aliphatic hydroxyl groups excluding tert-OH is 1. The molecule has 7 rings (SSSR count). The second-order valence-corrected chi connectivity index (χ2v) is 15.6. The predicted molar refractivity (Wildman–Crippen MR) is 202 cm³/mol. The molecule has 0 unspecified atom stereocenters. The highest BCUT2D eigenvalue weighted by Crippen LogP contribution is 2.62. The van der Waals surface area contributed by atoms with Crippen LogP contribution in [-0.4, -0.2) is 88.6 Å². The fourth-order valence-corrected chi connectivity index (χ4v) is 9.26. The summed E-state index contributed by atoms with van der Waals surface area (Å²) in [6.07, 6.45) is -10.5. The molecule has 3 aromatic carbocycles. The monoisotopic (exact) mass is 798 g/mol.